The lowest BCUT2D eigenvalue weighted by Gasteiger charge is -2.08. The summed E-state index contributed by atoms with van der Waals surface area (Å²) in [5, 5.41) is 18.0. The lowest BCUT2D eigenvalue weighted by Crippen LogP contribution is -2.26. The third kappa shape index (κ3) is 4.37. The first-order chi connectivity index (χ1) is 13.3. The zero-order chi connectivity index (χ0) is 20.3. The first-order valence-corrected chi connectivity index (χ1v) is 9.07. The van der Waals surface area contributed by atoms with E-state index in [0.717, 1.165) is 22.6 Å². The standard InChI is InChI=1S/C20H19ClN4O3/c1-13-11-14(2)24(23-13)16-5-3-15(4-6-16)9-10-22-20(26)18-8-7-17(25(27)28)12-19(18)21/h3-8,11-12H,9-10H2,1-2H3,(H,22,26). The Bertz CT molecular complexity index is 1030. The fraction of sp³-hybridized carbons (Fsp3) is 0.200. The summed E-state index contributed by atoms with van der Waals surface area (Å²) in [6.45, 7) is 4.38. The molecule has 0 aliphatic rings. The molecule has 0 unspecified atom stereocenters. The van der Waals surface area contributed by atoms with E-state index in [9.17, 15) is 14.9 Å². The van der Waals surface area contributed by atoms with Crippen LogP contribution >= 0.6 is 11.6 Å². The quantitative estimate of drug-likeness (QED) is 0.501. The number of non-ortho nitro benzene ring substituents is 1. The summed E-state index contributed by atoms with van der Waals surface area (Å²) < 4.78 is 1.89. The number of halogens is 1. The number of aryl methyl sites for hydroxylation is 2. The maximum atomic E-state index is 12.2. The van der Waals surface area contributed by atoms with Crippen LogP contribution in [0.2, 0.25) is 5.02 Å². The Hall–Kier alpha value is -3.19. The van der Waals surface area contributed by atoms with Crippen LogP contribution in [0.25, 0.3) is 5.69 Å². The van der Waals surface area contributed by atoms with Gasteiger partial charge in [-0.3, -0.25) is 14.9 Å². The van der Waals surface area contributed by atoms with Gasteiger partial charge < -0.3 is 5.32 Å². The van der Waals surface area contributed by atoms with Gasteiger partial charge in [0.1, 0.15) is 0 Å². The normalized spacial score (nSPS) is 10.7. The Morgan fingerprint density at radius 3 is 2.46 bits per heavy atom. The van der Waals surface area contributed by atoms with E-state index in [-0.39, 0.29) is 22.2 Å². The van der Waals surface area contributed by atoms with Crippen LogP contribution in [-0.4, -0.2) is 27.2 Å². The van der Waals surface area contributed by atoms with Crippen LogP contribution in [0.5, 0.6) is 0 Å². The molecular weight excluding hydrogens is 380 g/mol. The highest BCUT2D eigenvalue weighted by atomic mass is 35.5. The van der Waals surface area contributed by atoms with Crippen molar-refractivity contribution in [2.24, 2.45) is 0 Å². The van der Waals surface area contributed by atoms with Crippen LogP contribution in [0.15, 0.2) is 48.5 Å². The van der Waals surface area contributed by atoms with Crippen molar-refractivity contribution in [2.75, 3.05) is 6.54 Å². The Morgan fingerprint density at radius 2 is 1.89 bits per heavy atom. The zero-order valence-electron chi connectivity index (χ0n) is 15.5. The minimum Gasteiger partial charge on any atom is -0.352 e. The number of carbonyl (C=O) groups is 1. The minimum absolute atomic E-state index is 0.0564. The third-order valence-corrected chi connectivity index (χ3v) is 4.61. The number of nitro benzene ring substituents is 1. The number of nitrogens with one attached hydrogen (secondary N) is 1. The molecule has 7 nitrogen and oxygen atoms in total. The fourth-order valence-electron chi connectivity index (χ4n) is 2.91. The highest BCUT2D eigenvalue weighted by molar-refractivity contribution is 6.34. The van der Waals surface area contributed by atoms with E-state index in [0.29, 0.717) is 13.0 Å². The Kier molecular flexibility index (Phi) is 5.75. The van der Waals surface area contributed by atoms with E-state index >= 15 is 0 Å². The molecule has 1 heterocycles. The van der Waals surface area contributed by atoms with Gasteiger partial charge in [0.2, 0.25) is 0 Å². The summed E-state index contributed by atoms with van der Waals surface area (Å²) in [4.78, 5) is 22.4. The molecule has 0 saturated carbocycles. The minimum atomic E-state index is -0.552. The number of nitro groups is 1. The maximum absolute atomic E-state index is 12.2. The molecule has 0 saturated heterocycles. The molecule has 3 aromatic rings. The lowest BCUT2D eigenvalue weighted by atomic mass is 10.1. The number of aromatic nitrogens is 2. The van der Waals surface area contributed by atoms with Crippen LogP contribution in [0.4, 0.5) is 5.69 Å². The van der Waals surface area contributed by atoms with Gasteiger partial charge in [0, 0.05) is 24.4 Å². The Labute approximate surface area is 167 Å². The number of benzene rings is 2. The largest absolute Gasteiger partial charge is 0.352 e. The average Bonchev–Trinajstić information content (AvgIpc) is 3.00. The van der Waals surface area contributed by atoms with Gasteiger partial charge in [-0.2, -0.15) is 5.10 Å². The van der Waals surface area contributed by atoms with Crippen LogP contribution < -0.4 is 5.32 Å². The molecule has 1 N–H and O–H groups in total. The van der Waals surface area contributed by atoms with Crippen LogP contribution in [0.3, 0.4) is 0 Å². The molecule has 8 heteroatoms. The number of hydrogen-bond donors (Lipinski definition) is 1. The molecule has 28 heavy (non-hydrogen) atoms. The van der Waals surface area contributed by atoms with E-state index in [1.807, 2.05) is 48.9 Å². The van der Waals surface area contributed by atoms with Crippen molar-refractivity contribution in [1.29, 1.82) is 0 Å². The first-order valence-electron chi connectivity index (χ1n) is 8.70. The predicted octanol–water partition coefficient (Wildman–Crippen LogP) is 4.02. The molecule has 0 spiro atoms. The van der Waals surface area contributed by atoms with Crippen LogP contribution in [0.1, 0.15) is 27.3 Å². The van der Waals surface area contributed by atoms with Gasteiger partial charge >= 0.3 is 0 Å². The second-order valence-corrected chi connectivity index (χ2v) is 6.84. The summed E-state index contributed by atoms with van der Waals surface area (Å²) in [6, 6.07) is 13.8. The third-order valence-electron chi connectivity index (χ3n) is 4.30. The molecule has 144 valence electrons. The predicted molar refractivity (Wildman–Crippen MR) is 107 cm³/mol. The number of rotatable bonds is 6. The van der Waals surface area contributed by atoms with Crippen molar-refractivity contribution in [3.63, 3.8) is 0 Å². The summed E-state index contributed by atoms with van der Waals surface area (Å²) in [5.74, 6) is -0.362. The molecule has 1 amide bonds. The van der Waals surface area contributed by atoms with E-state index < -0.39 is 4.92 Å². The van der Waals surface area contributed by atoms with Crippen molar-refractivity contribution < 1.29 is 9.72 Å². The lowest BCUT2D eigenvalue weighted by molar-refractivity contribution is -0.384. The molecule has 3 rings (SSSR count). The summed E-state index contributed by atoms with van der Waals surface area (Å²) in [5.41, 5.74) is 4.15. The molecule has 0 aliphatic carbocycles. The fourth-order valence-corrected chi connectivity index (χ4v) is 3.17. The van der Waals surface area contributed by atoms with Gasteiger partial charge in [-0.1, -0.05) is 23.7 Å². The second kappa shape index (κ2) is 8.22. The molecule has 0 radical (unpaired) electrons. The second-order valence-electron chi connectivity index (χ2n) is 6.43. The number of nitrogens with zero attached hydrogens (tertiary/aromatic N) is 3. The summed E-state index contributed by atoms with van der Waals surface area (Å²) in [7, 11) is 0. The van der Waals surface area contributed by atoms with E-state index in [1.54, 1.807) is 0 Å². The SMILES string of the molecule is Cc1cc(C)n(-c2ccc(CCNC(=O)c3ccc([N+](=O)[O-])cc3Cl)cc2)n1. The monoisotopic (exact) mass is 398 g/mol. The molecule has 0 bridgehead atoms. The number of hydrogen-bond acceptors (Lipinski definition) is 4. The molecule has 2 aromatic carbocycles. The van der Waals surface area contributed by atoms with Gasteiger partial charge in [0.05, 0.1) is 26.9 Å². The van der Waals surface area contributed by atoms with Crippen molar-refractivity contribution in [2.45, 2.75) is 20.3 Å². The van der Waals surface area contributed by atoms with Gasteiger partial charge in [0.25, 0.3) is 11.6 Å². The van der Waals surface area contributed by atoms with Crippen molar-refractivity contribution in [1.82, 2.24) is 15.1 Å². The molecule has 0 fully saturated rings. The number of amides is 1. The van der Waals surface area contributed by atoms with E-state index in [1.165, 1.54) is 18.2 Å². The molecule has 1 aromatic heterocycles. The molecule has 0 atom stereocenters. The average molecular weight is 399 g/mol. The van der Waals surface area contributed by atoms with Crippen LogP contribution in [0, 0.1) is 24.0 Å². The topological polar surface area (TPSA) is 90.1 Å². The Morgan fingerprint density at radius 1 is 1.18 bits per heavy atom. The van der Waals surface area contributed by atoms with Gasteiger partial charge in [-0.15, -0.1) is 0 Å². The van der Waals surface area contributed by atoms with Gasteiger partial charge in [-0.25, -0.2) is 4.68 Å². The van der Waals surface area contributed by atoms with E-state index in [4.69, 9.17) is 11.6 Å². The smallest absolute Gasteiger partial charge is 0.270 e. The zero-order valence-corrected chi connectivity index (χ0v) is 16.2. The van der Waals surface area contributed by atoms with E-state index in [2.05, 4.69) is 10.4 Å². The van der Waals surface area contributed by atoms with Gasteiger partial charge in [-0.05, 0) is 50.1 Å². The molecule has 0 aliphatic heterocycles. The molecular formula is C20H19ClN4O3. The van der Waals surface area contributed by atoms with Crippen molar-refractivity contribution >= 4 is 23.2 Å². The summed E-state index contributed by atoms with van der Waals surface area (Å²) >= 11 is 5.98. The number of carbonyl (C=O) groups excluding carboxylic acids is 1. The maximum Gasteiger partial charge on any atom is 0.270 e. The van der Waals surface area contributed by atoms with Gasteiger partial charge in [0.15, 0.2) is 0 Å². The van der Waals surface area contributed by atoms with Crippen molar-refractivity contribution in [3.8, 4) is 5.69 Å². The first kappa shape index (κ1) is 19.6. The summed E-state index contributed by atoms with van der Waals surface area (Å²) in [6.07, 6.45) is 0.647. The van der Waals surface area contributed by atoms with Crippen LogP contribution in [-0.2, 0) is 6.42 Å². The Balaban J connectivity index is 1.58. The highest BCUT2D eigenvalue weighted by Gasteiger charge is 2.14. The van der Waals surface area contributed by atoms with Crippen molar-refractivity contribution in [3.05, 3.63) is 86.2 Å². The highest BCUT2D eigenvalue weighted by Crippen LogP contribution is 2.22.